The van der Waals surface area contributed by atoms with Gasteiger partial charge < -0.3 is 0 Å². The van der Waals surface area contributed by atoms with Gasteiger partial charge in [-0.1, -0.05) is 46.7 Å². The molecule has 0 aliphatic rings. The maximum absolute atomic E-state index is 13.2. The summed E-state index contributed by atoms with van der Waals surface area (Å²) in [5, 5.41) is 1.35. The van der Waals surface area contributed by atoms with Crippen LogP contribution >= 0.6 is 34.7 Å². The average Bonchev–Trinajstić information content (AvgIpc) is 3.17. The third-order valence-electron chi connectivity index (χ3n) is 4.54. The van der Waals surface area contributed by atoms with Crippen molar-refractivity contribution in [2.24, 2.45) is 0 Å². The third-order valence-corrected chi connectivity index (χ3v) is 6.83. The third kappa shape index (κ3) is 5.19. The Morgan fingerprint density at radius 2 is 2.00 bits per heavy atom. The van der Waals surface area contributed by atoms with Crippen molar-refractivity contribution in [2.45, 2.75) is 24.8 Å². The highest BCUT2D eigenvalue weighted by molar-refractivity contribution is 7.99. The van der Waals surface area contributed by atoms with Gasteiger partial charge in [-0.15, -0.1) is 11.8 Å². The van der Waals surface area contributed by atoms with Gasteiger partial charge in [-0.3, -0.25) is 14.7 Å². The van der Waals surface area contributed by atoms with Crippen LogP contribution in [0.4, 0.5) is 5.13 Å². The summed E-state index contributed by atoms with van der Waals surface area (Å²) in [4.78, 5) is 25.0. The van der Waals surface area contributed by atoms with Crippen molar-refractivity contribution in [3.8, 4) is 0 Å². The van der Waals surface area contributed by atoms with Crippen molar-refractivity contribution < 1.29 is 4.79 Å². The molecule has 0 aliphatic carbocycles. The van der Waals surface area contributed by atoms with Crippen LogP contribution < -0.4 is 4.90 Å². The number of carbonyl (C=O) groups excluding carboxylic acids is 1. The second kappa shape index (κ2) is 9.60. The maximum Gasteiger partial charge on any atom is 0.229 e. The predicted octanol–water partition coefficient (Wildman–Crippen LogP) is 6.37. The molecule has 2 aromatic carbocycles. The Hall–Kier alpha value is -2.41. The zero-order valence-electron chi connectivity index (χ0n) is 16.4. The fourth-order valence-electron chi connectivity index (χ4n) is 2.96. The van der Waals surface area contributed by atoms with Gasteiger partial charge in [0, 0.05) is 34.5 Å². The maximum atomic E-state index is 13.2. The second-order valence-electron chi connectivity index (χ2n) is 6.86. The zero-order chi connectivity index (χ0) is 20.9. The smallest absolute Gasteiger partial charge is 0.229 e. The summed E-state index contributed by atoms with van der Waals surface area (Å²) in [6.45, 7) is 2.51. The van der Waals surface area contributed by atoms with Gasteiger partial charge >= 0.3 is 0 Å². The van der Waals surface area contributed by atoms with E-state index in [-0.39, 0.29) is 5.91 Å². The lowest BCUT2D eigenvalue weighted by Gasteiger charge is -2.20. The van der Waals surface area contributed by atoms with Crippen LogP contribution in [-0.4, -0.2) is 21.6 Å². The predicted molar refractivity (Wildman–Crippen MR) is 127 cm³/mol. The first-order valence-electron chi connectivity index (χ1n) is 9.53. The van der Waals surface area contributed by atoms with Gasteiger partial charge in [0.25, 0.3) is 0 Å². The molecule has 2 aromatic heterocycles. The minimum Gasteiger partial charge on any atom is -0.284 e. The van der Waals surface area contributed by atoms with Gasteiger partial charge in [-0.25, -0.2) is 4.98 Å². The van der Waals surface area contributed by atoms with Gasteiger partial charge in [-0.2, -0.15) is 0 Å². The number of halogens is 1. The van der Waals surface area contributed by atoms with Crippen LogP contribution in [0.15, 0.2) is 71.9 Å². The molecule has 0 atom stereocenters. The fraction of sp³-hybridized carbons (Fsp3) is 0.174. The number of aryl methyl sites for hydroxylation is 1. The Kier molecular flexibility index (Phi) is 6.67. The number of thiazole rings is 1. The first-order chi connectivity index (χ1) is 14.6. The van der Waals surface area contributed by atoms with E-state index in [1.807, 2.05) is 30.3 Å². The number of hydrogen-bond acceptors (Lipinski definition) is 5. The lowest BCUT2D eigenvalue weighted by molar-refractivity contribution is -0.118. The average molecular weight is 454 g/mol. The molecule has 0 bridgehead atoms. The highest BCUT2D eigenvalue weighted by atomic mass is 35.5. The molecule has 4 nitrogen and oxygen atoms in total. The number of amides is 1. The van der Waals surface area contributed by atoms with Crippen molar-refractivity contribution in [3.05, 3.63) is 83.1 Å². The van der Waals surface area contributed by atoms with E-state index in [1.165, 1.54) is 21.8 Å². The van der Waals surface area contributed by atoms with Gasteiger partial charge in [0.1, 0.15) is 0 Å². The van der Waals surface area contributed by atoms with Gasteiger partial charge in [0.15, 0.2) is 5.13 Å². The van der Waals surface area contributed by atoms with Gasteiger partial charge in [0.2, 0.25) is 5.91 Å². The topological polar surface area (TPSA) is 46.1 Å². The minimum absolute atomic E-state index is 0.0450. The Bertz CT molecular complexity index is 1150. The SMILES string of the molecule is Cc1ccc(SCCC(=O)N(Cc2cccnc2)c2nc3ccc(Cl)cc3s2)cc1. The molecule has 0 saturated heterocycles. The Morgan fingerprint density at radius 3 is 2.77 bits per heavy atom. The van der Waals surface area contributed by atoms with Gasteiger partial charge in [0.05, 0.1) is 16.8 Å². The molecule has 0 fully saturated rings. The molecule has 1 amide bonds. The number of anilines is 1. The highest BCUT2D eigenvalue weighted by Gasteiger charge is 2.20. The van der Waals surface area contributed by atoms with E-state index in [1.54, 1.807) is 29.1 Å². The summed E-state index contributed by atoms with van der Waals surface area (Å²) >= 11 is 9.29. The number of carbonyl (C=O) groups is 1. The van der Waals surface area contributed by atoms with Crippen LogP contribution in [0.5, 0.6) is 0 Å². The van der Waals surface area contributed by atoms with Crippen molar-refractivity contribution in [1.29, 1.82) is 0 Å². The summed E-state index contributed by atoms with van der Waals surface area (Å²) in [5.41, 5.74) is 3.04. The van der Waals surface area contributed by atoms with Gasteiger partial charge in [-0.05, 0) is 48.9 Å². The Morgan fingerprint density at radius 1 is 1.17 bits per heavy atom. The molecule has 30 heavy (non-hydrogen) atoms. The highest BCUT2D eigenvalue weighted by Crippen LogP contribution is 2.32. The van der Waals surface area contributed by atoms with Crippen LogP contribution in [0, 0.1) is 6.92 Å². The molecule has 0 aliphatic heterocycles. The fourth-order valence-corrected chi connectivity index (χ4v) is 5.06. The largest absolute Gasteiger partial charge is 0.284 e. The lowest BCUT2D eigenvalue weighted by atomic mass is 10.2. The lowest BCUT2D eigenvalue weighted by Crippen LogP contribution is -2.30. The van der Waals surface area contributed by atoms with Crippen molar-refractivity contribution in [2.75, 3.05) is 10.7 Å². The van der Waals surface area contributed by atoms with E-state index in [2.05, 4.69) is 41.2 Å². The van der Waals surface area contributed by atoms with Crippen LogP contribution in [-0.2, 0) is 11.3 Å². The number of nitrogens with zero attached hydrogens (tertiary/aromatic N) is 3. The normalized spacial score (nSPS) is 11.0. The Balaban J connectivity index is 1.52. The van der Waals surface area contributed by atoms with Crippen molar-refractivity contribution in [3.63, 3.8) is 0 Å². The first-order valence-corrected chi connectivity index (χ1v) is 11.7. The molecular weight excluding hydrogens is 434 g/mol. The molecule has 0 unspecified atom stereocenters. The molecular formula is C23H20ClN3OS2. The number of benzene rings is 2. The summed E-state index contributed by atoms with van der Waals surface area (Å²) in [7, 11) is 0. The van der Waals surface area contributed by atoms with Crippen molar-refractivity contribution in [1.82, 2.24) is 9.97 Å². The molecule has 0 saturated carbocycles. The summed E-state index contributed by atoms with van der Waals surface area (Å²) in [6.07, 6.45) is 3.94. The van der Waals surface area contributed by atoms with E-state index in [0.29, 0.717) is 28.9 Å². The van der Waals surface area contributed by atoms with E-state index in [0.717, 1.165) is 15.8 Å². The monoisotopic (exact) mass is 453 g/mol. The molecule has 2 heterocycles. The zero-order valence-corrected chi connectivity index (χ0v) is 18.8. The van der Waals surface area contributed by atoms with E-state index in [9.17, 15) is 4.79 Å². The molecule has 4 rings (SSSR count). The minimum atomic E-state index is 0.0450. The van der Waals surface area contributed by atoms with Crippen molar-refractivity contribution >= 4 is 56.0 Å². The standard InChI is InChI=1S/C23H20ClN3OS2/c1-16-4-7-19(8-5-16)29-12-10-22(28)27(15-17-3-2-11-25-14-17)23-26-20-9-6-18(24)13-21(20)30-23/h2-9,11,13-14H,10,12,15H2,1H3. The molecule has 0 spiro atoms. The molecule has 4 aromatic rings. The van der Waals surface area contributed by atoms with E-state index in [4.69, 9.17) is 11.6 Å². The van der Waals surface area contributed by atoms with E-state index < -0.39 is 0 Å². The number of fused-ring (bicyclic) bond motifs is 1. The number of aromatic nitrogens is 2. The quantitative estimate of drug-likeness (QED) is 0.305. The molecule has 7 heteroatoms. The van der Waals surface area contributed by atoms with Crippen LogP contribution in [0.25, 0.3) is 10.2 Å². The van der Waals surface area contributed by atoms with E-state index >= 15 is 0 Å². The number of hydrogen-bond donors (Lipinski definition) is 0. The summed E-state index contributed by atoms with van der Waals surface area (Å²) < 4.78 is 0.968. The van der Waals surface area contributed by atoms with Crippen LogP contribution in [0.1, 0.15) is 17.5 Å². The summed E-state index contributed by atoms with van der Waals surface area (Å²) in [5.74, 6) is 0.755. The molecule has 0 N–H and O–H groups in total. The number of pyridine rings is 1. The second-order valence-corrected chi connectivity index (χ2v) is 9.48. The number of thioether (sulfide) groups is 1. The van der Waals surface area contributed by atoms with Crippen LogP contribution in [0.3, 0.4) is 0 Å². The first kappa shape index (κ1) is 20.8. The van der Waals surface area contributed by atoms with Crippen LogP contribution in [0.2, 0.25) is 5.02 Å². The molecule has 152 valence electrons. The molecule has 0 radical (unpaired) electrons. The number of rotatable bonds is 7. The Labute approximate surface area is 188 Å². The summed E-state index contributed by atoms with van der Waals surface area (Å²) in [6, 6.07) is 17.8.